The van der Waals surface area contributed by atoms with Crippen LogP contribution in [0.5, 0.6) is 0 Å². The van der Waals surface area contributed by atoms with E-state index in [0.29, 0.717) is 12.5 Å². The maximum Gasteiger partial charge on any atom is 0.201 e. The Kier molecular flexibility index (Phi) is 2.69. The number of rotatable bonds is 3. The van der Waals surface area contributed by atoms with Crippen molar-refractivity contribution in [2.45, 2.75) is 0 Å². The van der Waals surface area contributed by atoms with E-state index in [2.05, 4.69) is 31.2 Å². The second kappa shape index (κ2) is 3.98. The van der Waals surface area contributed by atoms with E-state index in [1.807, 2.05) is 18.2 Å². The molecule has 2 aromatic rings. The van der Waals surface area contributed by atoms with Crippen molar-refractivity contribution in [1.82, 2.24) is 9.97 Å². The zero-order valence-electron chi connectivity index (χ0n) is 7.42. The molecule has 0 aliphatic heterocycles. The van der Waals surface area contributed by atoms with Crippen LogP contribution < -0.4 is 5.32 Å². The van der Waals surface area contributed by atoms with E-state index in [4.69, 9.17) is 5.11 Å². The number of benzene rings is 1. The summed E-state index contributed by atoms with van der Waals surface area (Å²) in [7, 11) is 0. The number of halogens is 1. The molecule has 0 spiro atoms. The van der Waals surface area contributed by atoms with Gasteiger partial charge in [-0.2, -0.15) is 0 Å². The molecule has 5 heteroatoms. The van der Waals surface area contributed by atoms with E-state index in [1.165, 1.54) is 0 Å². The smallest absolute Gasteiger partial charge is 0.201 e. The largest absolute Gasteiger partial charge is 0.395 e. The fourth-order valence-electron chi connectivity index (χ4n) is 1.24. The molecule has 1 aromatic carbocycles. The van der Waals surface area contributed by atoms with Gasteiger partial charge in [-0.25, -0.2) is 4.98 Å². The molecule has 0 fully saturated rings. The summed E-state index contributed by atoms with van der Waals surface area (Å²) in [5.41, 5.74) is 1.88. The van der Waals surface area contributed by atoms with Crippen molar-refractivity contribution in [3.63, 3.8) is 0 Å². The van der Waals surface area contributed by atoms with Crippen molar-refractivity contribution in [2.75, 3.05) is 18.5 Å². The maximum absolute atomic E-state index is 8.63. The standard InChI is InChI=1S/C9H10BrN3O/c10-6-1-2-7-8(5-6)13-9(12-7)11-3-4-14/h1-2,5,14H,3-4H2,(H2,11,12,13). The van der Waals surface area contributed by atoms with Crippen LogP contribution >= 0.6 is 15.9 Å². The van der Waals surface area contributed by atoms with E-state index in [9.17, 15) is 0 Å². The predicted molar refractivity (Wildman–Crippen MR) is 59.4 cm³/mol. The second-order valence-electron chi connectivity index (χ2n) is 2.90. The van der Waals surface area contributed by atoms with Gasteiger partial charge < -0.3 is 15.4 Å². The summed E-state index contributed by atoms with van der Waals surface area (Å²) in [5, 5.41) is 11.6. The van der Waals surface area contributed by atoms with Crippen LogP contribution in [-0.2, 0) is 0 Å². The molecule has 1 heterocycles. The van der Waals surface area contributed by atoms with Crippen LogP contribution in [0.4, 0.5) is 5.95 Å². The van der Waals surface area contributed by atoms with E-state index < -0.39 is 0 Å². The summed E-state index contributed by atoms with van der Waals surface area (Å²) in [6.07, 6.45) is 0. The number of nitrogens with one attached hydrogen (secondary N) is 2. The molecule has 74 valence electrons. The number of H-pyrrole nitrogens is 1. The van der Waals surface area contributed by atoms with Gasteiger partial charge in [-0.05, 0) is 18.2 Å². The molecule has 0 amide bonds. The average Bonchev–Trinajstić information content (AvgIpc) is 2.56. The minimum Gasteiger partial charge on any atom is -0.395 e. The summed E-state index contributed by atoms with van der Waals surface area (Å²) in [6, 6.07) is 5.84. The van der Waals surface area contributed by atoms with Crippen molar-refractivity contribution < 1.29 is 5.11 Å². The molecule has 0 aliphatic carbocycles. The van der Waals surface area contributed by atoms with Crippen molar-refractivity contribution in [3.8, 4) is 0 Å². The normalized spacial score (nSPS) is 10.7. The Morgan fingerprint density at radius 1 is 1.50 bits per heavy atom. The Morgan fingerprint density at radius 2 is 2.36 bits per heavy atom. The van der Waals surface area contributed by atoms with Crippen LogP contribution in [0.15, 0.2) is 22.7 Å². The SMILES string of the molecule is OCCNc1nc2ccc(Br)cc2[nH]1. The number of aliphatic hydroxyl groups excluding tert-OH is 1. The highest BCUT2D eigenvalue weighted by Gasteiger charge is 2.01. The minimum atomic E-state index is 0.0980. The molecule has 0 bridgehead atoms. The number of aliphatic hydroxyl groups is 1. The molecule has 0 saturated heterocycles. The molecule has 1 aromatic heterocycles. The van der Waals surface area contributed by atoms with E-state index in [-0.39, 0.29) is 6.61 Å². The third-order valence-electron chi connectivity index (χ3n) is 1.85. The third-order valence-corrected chi connectivity index (χ3v) is 2.34. The Hall–Kier alpha value is -1.07. The van der Waals surface area contributed by atoms with Gasteiger partial charge in [0.1, 0.15) is 0 Å². The lowest BCUT2D eigenvalue weighted by molar-refractivity contribution is 0.311. The highest BCUT2D eigenvalue weighted by atomic mass is 79.9. The third kappa shape index (κ3) is 1.88. The Balaban J connectivity index is 2.32. The number of anilines is 1. The van der Waals surface area contributed by atoms with Crippen LogP contribution in [0, 0.1) is 0 Å². The van der Waals surface area contributed by atoms with Crippen LogP contribution in [-0.4, -0.2) is 28.2 Å². The van der Waals surface area contributed by atoms with Crippen LogP contribution in [0.1, 0.15) is 0 Å². The van der Waals surface area contributed by atoms with Gasteiger partial charge in [0.2, 0.25) is 5.95 Å². The zero-order valence-corrected chi connectivity index (χ0v) is 9.00. The number of imidazole rings is 1. The highest BCUT2D eigenvalue weighted by molar-refractivity contribution is 9.10. The lowest BCUT2D eigenvalue weighted by Crippen LogP contribution is -2.06. The second-order valence-corrected chi connectivity index (χ2v) is 3.81. The minimum absolute atomic E-state index is 0.0980. The van der Waals surface area contributed by atoms with Gasteiger partial charge in [0, 0.05) is 11.0 Å². The first kappa shape index (κ1) is 9.48. The molecule has 0 radical (unpaired) electrons. The van der Waals surface area contributed by atoms with E-state index in [0.717, 1.165) is 15.5 Å². The molecule has 0 aliphatic rings. The van der Waals surface area contributed by atoms with Gasteiger partial charge in [0.05, 0.1) is 17.6 Å². The summed E-state index contributed by atoms with van der Waals surface area (Å²) in [4.78, 5) is 7.40. The summed E-state index contributed by atoms with van der Waals surface area (Å²) in [5.74, 6) is 0.687. The molecule has 4 nitrogen and oxygen atoms in total. The number of hydrogen-bond donors (Lipinski definition) is 3. The van der Waals surface area contributed by atoms with Gasteiger partial charge in [-0.3, -0.25) is 0 Å². The first-order valence-electron chi connectivity index (χ1n) is 4.29. The summed E-state index contributed by atoms with van der Waals surface area (Å²) >= 11 is 3.39. The molecule has 0 atom stereocenters. The number of nitrogens with zero attached hydrogens (tertiary/aromatic N) is 1. The van der Waals surface area contributed by atoms with Gasteiger partial charge >= 0.3 is 0 Å². The Labute approximate surface area is 89.5 Å². The highest BCUT2D eigenvalue weighted by Crippen LogP contribution is 2.19. The molecule has 0 saturated carbocycles. The van der Waals surface area contributed by atoms with Crippen molar-refractivity contribution in [2.24, 2.45) is 0 Å². The summed E-state index contributed by atoms with van der Waals surface area (Å²) in [6.45, 7) is 0.599. The Bertz CT molecular complexity index is 441. The van der Waals surface area contributed by atoms with Crippen LogP contribution in [0.25, 0.3) is 11.0 Å². The summed E-state index contributed by atoms with van der Waals surface area (Å²) < 4.78 is 1.02. The molecule has 2 rings (SSSR count). The predicted octanol–water partition coefficient (Wildman–Crippen LogP) is 1.73. The van der Waals surface area contributed by atoms with Gasteiger partial charge in [-0.15, -0.1) is 0 Å². The monoisotopic (exact) mass is 255 g/mol. The van der Waals surface area contributed by atoms with Crippen molar-refractivity contribution >= 4 is 32.9 Å². The average molecular weight is 256 g/mol. The molecular formula is C9H10BrN3O. The molecule has 14 heavy (non-hydrogen) atoms. The molecule has 0 unspecified atom stereocenters. The van der Waals surface area contributed by atoms with Gasteiger partial charge in [-0.1, -0.05) is 15.9 Å². The van der Waals surface area contributed by atoms with Gasteiger partial charge in [0.15, 0.2) is 0 Å². The maximum atomic E-state index is 8.63. The van der Waals surface area contributed by atoms with Crippen LogP contribution in [0.2, 0.25) is 0 Å². The number of aromatic amines is 1. The lowest BCUT2D eigenvalue weighted by atomic mass is 10.3. The fraction of sp³-hybridized carbons (Fsp3) is 0.222. The molecular weight excluding hydrogens is 246 g/mol. The number of hydrogen-bond acceptors (Lipinski definition) is 3. The topological polar surface area (TPSA) is 60.9 Å². The fourth-order valence-corrected chi connectivity index (χ4v) is 1.60. The van der Waals surface area contributed by atoms with E-state index in [1.54, 1.807) is 0 Å². The first-order chi connectivity index (χ1) is 6.79. The van der Waals surface area contributed by atoms with Crippen molar-refractivity contribution in [3.05, 3.63) is 22.7 Å². The number of aromatic nitrogens is 2. The Morgan fingerprint density at radius 3 is 3.14 bits per heavy atom. The van der Waals surface area contributed by atoms with E-state index >= 15 is 0 Å². The zero-order chi connectivity index (χ0) is 9.97. The van der Waals surface area contributed by atoms with Gasteiger partial charge in [0.25, 0.3) is 0 Å². The van der Waals surface area contributed by atoms with Crippen molar-refractivity contribution in [1.29, 1.82) is 0 Å². The number of fused-ring (bicyclic) bond motifs is 1. The quantitative estimate of drug-likeness (QED) is 0.783. The first-order valence-corrected chi connectivity index (χ1v) is 5.09. The lowest BCUT2D eigenvalue weighted by Gasteiger charge is -1.96. The molecule has 3 N–H and O–H groups in total. The van der Waals surface area contributed by atoms with Crippen LogP contribution in [0.3, 0.4) is 0 Å².